The Balaban J connectivity index is 1.97. The molecule has 0 aliphatic carbocycles. The zero-order valence-electron chi connectivity index (χ0n) is 13.3. The van der Waals surface area contributed by atoms with Gasteiger partial charge in [-0.25, -0.2) is 4.79 Å². The quantitative estimate of drug-likeness (QED) is 0.571. The summed E-state index contributed by atoms with van der Waals surface area (Å²) in [6.07, 6.45) is 0.900. The van der Waals surface area contributed by atoms with Gasteiger partial charge in [0.1, 0.15) is 15.3 Å². The highest BCUT2D eigenvalue weighted by molar-refractivity contribution is 7.21. The highest BCUT2D eigenvalue weighted by Gasteiger charge is 2.20. The fourth-order valence-corrected chi connectivity index (χ4v) is 3.40. The van der Waals surface area contributed by atoms with Crippen LogP contribution in [0.25, 0.3) is 10.2 Å². The van der Waals surface area contributed by atoms with Crippen LogP contribution in [-0.4, -0.2) is 22.0 Å². The number of carbonyl (C=O) groups excluding carboxylic acids is 1. The maximum atomic E-state index is 12.5. The Morgan fingerprint density at radius 2 is 1.96 bits per heavy atom. The number of rotatable bonds is 4. The number of hydrogen-bond acceptors (Lipinski definition) is 5. The van der Waals surface area contributed by atoms with E-state index < -0.39 is 23.0 Å². The molecule has 3 aromatic rings. The number of aromatic carboxylic acids is 1. The Labute approximate surface area is 146 Å². The van der Waals surface area contributed by atoms with Crippen LogP contribution in [0.5, 0.6) is 0 Å². The number of nitrogen functional groups attached to an aromatic ring is 1. The summed E-state index contributed by atoms with van der Waals surface area (Å²) in [4.78, 5) is 38.3. The van der Waals surface area contributed by atoms with E-state index in [-0.39, 0.29) is 10.6 Å². The summed E-state index contributed by atoms with van der Waals surface area (Å²) in [5, 5.41) is 12.1. The van der Waals surface area contributed by atoms with E-state index in [1.165, 1.54) is 6.07 Å². The third-order valence-electron chi connectivity index (χ3n) is 3.80. The SMILES string of the molecule is CCc1ccc(NC(=O)c2sc3[nH]c(=O)c(C(=O)O)cc3c2N)cc1. The van der Waals surface area contributed by atoms with Gasteiger partial charge in [-0.3, -0.25) is 9.59 Å². The van der Waals surface area contributed by atoms with Crippen LogP contribution in [0.15, 0.2) is 35.1 Å². The monoisotopic (exact) mass is 357 g/mol. The van der Waals surface area contributed by atoms with Crippen molar-refractivity contribution in [3.05, 3.63) is 56.7 Å². The molecule has 0 aliphatic rings. The molecular weight excluding hydrogens is 342 g/mol. The van der Waals surface area contributed by atoms with Crippen LogP contribution < -0.4 is 16.6 Å². The van der Waals surface area contributed by atoms with Crippen LogP contribution in [-0.2, 0) is 6.42 Å². The van der Waals surface area contributed by atoms with E-state index in [1.807, 2.05) is 19.1 Å². The summed E-state index contributed by atoms with van der Waals surface area (Å²) >= 11 is 1.01. The minimum Gasteiger partial charge on any atom is -0.477 e. The van der Waals surface area contributed by atoms with Crippen molar-refractivity contribution >= 4 is 44.8 Å². The maximum absolute atomic E-state index is 12.5. The van der Waals surface area contributed by atoms with Crippen molar-refractivity contribution < 1.29 is 14.7 Å². The predicted octanol–water partition coefficient (Wildman–Crippen LogP) is 2.68. The number of aromatic amines is 1. The average Bonchev–Trinajstić information content (AvgIpc) is 2.90. The number of anilines is 2. The number of aryl methyl sites for hydroxylation is 1. The van der Waals surface area contributed by atoms with Crippen LogP contribution in [0, 0.1) is 0 Å². The molecule has 0 atom stereocenters. The third kappa shape index (κ3) is 3.11. The Morgan fingerprint density at radius 3 is 2.56 bits per heavy atom. The number of amides is 1. The largest absolute Gasteiger partial charge is 0.477 e. The summed E-state index contributed by atoms with van der Waals surface area (Å²) in [7, 11) is 0. The first-order valence-electron chi connectivity index (χ1n) is 7.49. The van der Waals surface area contributed by atoms with E-state index in [1.54, 1.807) is 12.1 Å². The lowest BCUT2D eigenvalue weighted by Crippen LogP contribution is -2.16. The second-order valence-electron chi connectivity index (χ2n) is 5.41. The van der Waals surface area contributed by atoms with E-state index in [0.717, 1.165) is 23.3 Å². The highest BCUT2D eigenvalue weighted by Crippen LogP contribution is 2.32. The minimum atomic E-state index is -1.35. The van der Waals surface area contributed by atoms with Crippen molar-refractivity contribution in [3.8, 4) is 0 Å². The van der Waals surface area contributed by atoms with Crippen molar-refractivity contribution in [1.82, 2.24) is 4.98 Å². The molecule has 1 aromatic carbocycles. The molecule has 3 rings (SSSR count). The zero-order chi connectivity index (χ0) is 18.1. The van der Waals surface area contributed by atoms with Crippen molar-refractivity contribution in [2.75, 3.05) is 11.1 Å². The number of pyridine rings is 1. The zero-order valence-corrected chi connectivity index (χ0v) is 14.1. The second kappa shape index (κ2) is 6.40. The van der Waals surface area contributed by atoms with Gasteiger partial charge in [-0.15, -0.1) is 11.3 Å². The Morgan fingerprint density at radius 1 is 1.28 bits per heavy atom. The number of aromatic nitrogens is 1. The lowest BCUT2D eigenvalue weighted by molar-refractivity contribution is 0.0695. The van der Waals surface area contributed by atoms with Gasteiger partial charge in [-0.2, -0.15) is 0 Å². The molecule has 0 saturated heterocycles. The number of nitrogens with one attached hydrogen (secondary N) is 2. The van der Waals surface area contributed by atoms with Gasteiger partial charge >= 0.3 is 5.97 Å². The normalized spacial score (nSPS) is 10.8. The van der Waals surface area contributed by atoms with E-state index in [4.69, 9.17) is 10.8 Å². The second-order valence-corrected chi connectivity index (χ2v) is 6.43. The molecule has 0 fully saturated rings. The lowest BCUT2D eigenvalue weighted by Gasteiger charge is -2.05. The van der Waals surface area contributed by atoms with E-state index >= 15 is 0 Å². The molecule has 0 bridgehead atoms. The van der Waals surface area contributed by atoms with Crippen LogP contribution in [0.3, 0.4) is 0 Å². The molecule has 0 radical (unpaired) electrons. The van der Waals surface area contributed by atoms with Crippen molar-refractivity contribution in [2.24, 2.45) is 0 Å². The Hall–Kier alpha value is -3.13. The smallest absolute Gasteiger partial charge is 0.341 e. The van der Waals surface area contributed by atoms with Crippen LogP contribution in [0.4, 0.5) is 11.4 Å². The standard InChI is InChI=1S/C17H15N3O4S/c1-2-8-3-5-9(6-4-8)19-15(22)13-12(18)10-7-11(17(23)24)14(21)20-16(10)25-13/h3-7H,2,18H2,1H3,(H,19,22)(H,20,21)(H,23,24). The number of hydrogen-bond donors (Lipinski definition) is 4. The van der Waals surface area contributed by atoms with Gasteiger partial charge in [0.2, 0.25) is 0 Å². The van der Waals surface area contributed by atoms with E-state index in [2.05, 4.69) is 10.3 Å². The molecule has 0 aliphatic heterocycles. The maximum Gasteiger partial charge on any atom is 0.341 e. The van der Waals surface area contributed by atoms with Crippen molar-refractivity contribution in [1.29, 1.82) is 0 Å². The number of carboxylic acids is 1. The molecule has 0 spiro atoms. The first-order chi connectivity index (χ1) is 11.9. The molecule has 2 aromatic heterocycles. The van der Waals surface area contributed by atoms with Gasteiger partial charge in [0, 0.05) is 11.1 Å². The number of nitrogens with two attached hydrogens (primary N) is 1. The molecule has 2 heterocycles. The molecular formula is C17H15N3O4S. The van der Waals surface area contributed by atoms with Crippen LogP contribution >= 0.6 is 11.3 Å². The number of fused-ring (bicyclic) bond motifs is 1. The Bertz CT molecular complexity index is 1030. The van der Waals surface area contributed by atoms with Gasteiger partial charge in [0.15, 0.2) is 0 Å². The van der Waals surface area contributed by atoms with Crippen LogP contribution in [0.1, 0.15) is 32.5 Å². The molecule has 7 nitrogen and oxygen atoms in total. The fourth-order valence-electron chi connectivity index (χ4n) is 2.41. The van der Waals surface area contributed by atoms with Gasteiger partial charge < -0.3 is 21.1 Å². The first kappa shape index (κ1) is 16.7. The van der Waals surface area contributed by atoms with Crippen molar-refractivity contribution in [3.63, 3.8) is 0 Å². The average molecular weight is 357 g/mol. The number of H-pyrrole nitrogens is 1. The predicted molar refractivity (Wildman–Crippen MR) is 97.6 cm³/mol. The van der Waals surface area contributed by atoms with Gasteiger partial charge in [0.05, 0.1) is 5.69 Å². The van der Waals surface area contributed by atoms with Gasteiger partial charge in [-0.1, -0.05) is 19.1 Å². The van der Waals surface area contributed by atoms with Crippen LogP contribution in [0.2, 0.25) is 0 Å². The number of benzene rings is 1. The topological polar surface area (TPSA) is 125 Å². The highest BCUT2D eigenvalue weighted by atomic mass is 32.1. The first-order valence-corrected chi connectivity index (χ1v) is 8.31. The molecule has 128 valence electrons. The summed E-state index contributed by atoms with van der Waals surface area (Å²) in [5.41, 5.74) is 6.76. The molecule has 1 amide bonds. The van der Waals surface area contributed by atoms with Gasteiger partial charge in [0.25, 0.3) is 11.5 Å². The molecule has 0 saturated carbocycles. The minimum absolute atomic E-state index is 0.140. The molecule has 0 unspecified atom stereocenters. The van der Waals surface area contributed by atoms with Gasteiger partial charge in [-0.05, 0) is 30.2 Å². The summed E-state index contributed by atoms with van der Waals surface area (Å²) in [6, 6.07) is 8.62. The number of thiophene rings is 1. The van der Waals surface area contributed by atoms with E-state index in [9.17, 15) is 14.4 Å². The number of carboxylic acid groups (broad SMARTS) is 1. The van der Waals surface area contributed by atoms with E-state index in [0.29, 0.717) is 15.9 Å². The lowest BCUT2D eigenvalue weighted by atomic mass is 10.1. The third-order valence-corrected chi connectivity index (χ3v) is 4.94. The molecule has 5 N–H and O–H groups in total. The number of carbonyl (C=O) groups is 2. The summed E-state index contributed by atoms with van der Waals surface area (Å²) in [5.74, 6) is -1.77. The summed E-state index contributed by atoms with van der Waals surface area (Å²) < 4.78 is 0. The fraction of sp³-hybridized carbons (Fsp3) is 0.118. The molecule has 8 heteroatoms. The summed E-state index contributed by atoms with van der Waals surface area (Å²) in [6.45, 7) is 2.04. The molecule has 25 heavy (non-hydrogen) atoms. The Kier molecular flexibility index (Phi) is 4.28. The van der Waals surface area contributed by atoms with Crippen molar-refractivity contribution in [2.45, 2.75) is 13.3 Å².